The molecule has 3 aromatic rings. The van der Waals surface area contributed by atoms with E-state index in [0.717, 1.165) is 47.5 Å². The lowest BCUT2D eigenvalue weighted by atomic mass is 10.1. The van der Waals surface area contributed by atoms with Crippen molar-refractivity contribution < 1.29 is 14.3 Å². The predicted octanol–water partition coefficient (Wildman–Crippen LogP) is 2.94. The first-order valence-corrected chi connectivity index (χ1v) is 8.87. The number of amides is 1. The van der Waals surface area contributed by atoms with Gasteiger partial charge in [-0.2, -0.15) is 0 Å². The van der Waals surface area contributed by atoms with Crippen molar-refractivity contribution in [3.63, 3.8) is 0 Å². The SMILES string of the molecule is COc1ccc2c(ccn2CCNC(=O)Cc2ccc3c(c2)OCC3)c1. The normalized spacial score (nSPS) is 12.7. The lowest BCUT2D eigenvalue weighted by molar-refractivity contribution is -0.120. The lowest BCUT2D eigenvalue weighted by Crippen LogP contribution is -2.28. The number of ether oxygens (including phenoxy) is 2. The van der Waals surface area contributed by atoms with E-state index in [1.807, 2.05) is 36.5 Å². The molecule has 0 spiro atoms. The standard InChI is InChI=1S/C21H22N2O3/c1-25-18-4-5-19-17(14-18)6-9-23(19)10-8-22-21(24)13-15-2-3-16-7-11-26-20(16)12-15/h2-6,9,12,14H,7-8,10-11,13H2,1H3,(H,22,24). The van der Waals surface area contributed by atoms with Crippen LogP contribution in [-0.4, -0.2) is 30.7 Å². The summed E-state index contributed by atoms with van der Waals surface area (Å²) in [5.74, 6) is 1.80. The van der Waals surface area contributed by atoms with Gasteiger partial charge in [0.25, 0.3) is 0 Å². The fraction of sp³-hybridized carbons (Fsp3) is 0.286. The van der Waals surface area contributed by atoms with Gasteiger partial charge in [0.05, 0.1) is 20.1 Å². The Balaban J connectivity index is 1.32. The van der Waals surface area contributed by atoms with Gasteiger partial charge in [0.2, 0.25) is 5.91 Å². The van der Waals surface area contributed by atoms with Crippen molar-refractivity contribution in [2.45, 2.75) is 19.4 Å². The second-order valence-corrected chi connectivity index (χ2v) is 6.50. The summed E-state index contributed by atoms with van der Waals surface area (Å²) in [6, 6.07) is 14.1. The molecule has 1 aromatic heterocycles. The monoisotopic (exact) mass is 350 g/mol. The molecule has 2 aromatic carbocycles. The van der Waals surface area contributed by atoms with E-state index in [1.165, 1.54) is 5.56 Å². The maximum atomic E-state index is 12.2. The van der Waals surface area contributed by atoms with Gasteiger partial charge < -0.3 is 19.4 Å². The number of rotatable bonds is 6. The van der Waals surface area contributed by atoms with Gasteiger partial charge in [0.1, 0.15) is 11.5 Å². The third-order valence-electron chi connectivity index (χ3n) is 4.78. The second-order valence-electron chi connectivity index (χ2n) is 6.50. The Morgan fingerprint density at radius 3 is 3.04 bits per heavy atom. The predicted molar refractivity (Wildman–Crippen MR) is 101 cm³/mol. The van der Waals surface area contributed by atoms with E-state index in [1.54, 1.807) is 7.11 Å². The van der Waals surface area contributed by atoms with Crippen molar-refractivity contribution in [3.05, 3.63) is 59.8 Å². The zero-order chi connectivity index (χ0) is 17.9. The van der Waals surface area contributed by atoms with E-state index in [0.29, 0.717) is 13.0 Å². The number of carbonyl (C=O) groups is 1. The molecule has 5 heteroatoms. The smallest absolute Gasteiger partial charge is 0.224 e. The molecule has 4 rings (SSSR count). The number of nitrogens with one attached hydrogen (secondary N) is 1. The number of methoxy groups -OCH3 is 1. The number of aromatic nitrogens is 1. The van der Waals surface area contributed by atoms with Crippen molar-refractivity contribution in [3.8, 4) is 11.5 Å². The molecule has 134 valence electrons. The first kappa shape index (κ1) is 16.5. The van der Waals surface area contributed by atoms with Crippen LogP contribution in [0, 0.1) is 0 Å². The molecule has 2 heterocycles. The first-order valence-electron chi connectivity index (χ1n) is 8.87. The van der Waals surface area contributed by atoms with Crippen molar-refractivity contribution in [2.24, 2.45) is 0 Å². The Bertz CT molecular complexity index is 946. The Kier molecular flexibility index (Phi) is 4.52. The van der Waals surface area contributed by atoms with E-state index in [4.69, 9.17) is 9.47 Å². The molecular formula is C21H22N2O3. The fourth-order valence-corrected chi connectivity index (χ4v) is 3.38. The third kappa shape index (κ3) is 3.38. The van der Waals surface area contributed by atoms with Crippen LogP contribution in [0.3, 0.4) is 0 Å². The highest BCUT2D eigenvalue weighted by Gasteiger charge is 2.13. The van der Waals surface area contributed by atoms with Crippen molar-refractivity contribution >= 4 is 16.8 Å². The average molecular weight is 350 g/mol. The zero-order valence-electron chi connectivity index (χ0n) is 14.8. The molecular weight excluding hydrogens is 328 g/mol. The van der Waals surface area contributed by atoms with Gasteiger partial charge in [0.15, 0.2) is 0 Å². The summed E-state index contributed by atoms with van der Waals surface area (Å²) in [6.07, 6.45) is 3.37. The van der Waals surface area contributed by atoms with Crippen LogP contribution in [0.1, 0.15) is 11.1 Å². The number of carbonyl (C=O) groups excluding carboxylic acids is 1. The minimum absolute atomic E-state index is 0.0288. The summed E-state index contributed by atoms with van der Waals surface area (Å²) in [5, 5.41) is 4.13. The van der Waals surface area contributed by atoms with Crippen LogP contribution in [0.2, 0.25) is 0 Å². The topological polar surface area (TPSA) is 52.5 Å². The summed E-state index contributed by atoms with van der Waals surface area (Å²) in [5.41, 5.74) is 3.35. The largest absolute Gasteiger partial charge is 0.497 e. The summed E-state index contributed by atoms with van der Waals surface area (Å²) in [6.45, 7) is 2.06. The molecule has 0 radical (unpaired) electrons. The Labute approximate surface area is 152 Å². The quantitative estimate of drug-likeness (QED) is 0.744. The third-order valence-corrected chi connectivity index (χ3v) is 4.78. The van der Waals surface area contributed by atoms with Crippen molar-refractivity contribution in [2.75, 3.05) is 20.3 Å². The highest BCUT2D eigenvalue weighted by atomic mass is 16.5. The number of fused-ring (bicyclic) bond motifs is 2. The lowest BCUT2D eigenvalue weighted by Gasteiger charge is -2.09. The van der Waals surface area contributed by atoms with Crippen LogP contribution in [0.5, 0.6) is 11.5 Å². The van der Waals surface area contributed by atoms with Gasteiger partial charge in [-0.1, -0.05) is 12.1 Å². The van der Waals surface area contributed by atoms with E-state index in [9.17, 15) is 4.79 Å². The highest BCUT2D eigenvalue weighted by Crippen LogP contribution is 2.26. The molecule has 1 aliphatic rings. The van der Waals surface area contributed by atoms with Gasteiger partial charge in [-0.3, -0.25) is 4.79 Å². The molecule has 0 atom stereocenters. The molecule has 1 N–H and O–H groups in total. The van der Waals surface area contributed by atoms with Crippen molar-refractivity contribution in [1.29, 1.82) is 0 Å². The van der Waals surface area contributed by atoms with Crippen LogP contribution in [0.4, 0.5) is 0 Å². The molecule has 1 amide bonds. The van der Waals surface area contributed by atoms with Crippen LogP contribution < -0.4 is 14.8 Å². The van der Waals surface area contributed by atoms with E-state index < -0.39 is 0 Å². The summed E-state index contributed by atoms with van der Waals surface area (Å²) in [4.78, 5) is 12.2. The average Bonchev–Trinajstić information content (AvgIpc) is 3.27. The molecule has 0 unspecified atom stereocenters. The number of benzene rings is 2. The molecule has 0 bridgehead atoms. The minimum atomic E-state index is 0.0288. The molecule has 1 aliphatic heterocycles. The van der Waals surface area contributed by atoms with Crippen LogP contribution in [0.15, 0.2) is 48.7 Å². The number of nitrogens with zero attached hydrogens (tertiary/aromatic N) is 1. The van der Waals surface area contributed by atoms with Crippen LogP contribution in [-0.2, 0) is 24.2 Å². The first-order chi connectivity index (χ1) is 12.7. The zero-order valence-corrected chi connectivity index (χ0v) is 14.8. The fourth-order valence-electron chi connectivity index (χ4n) is 3.38. The number of hydrogen-bond acceptors (Lipinski definition) is 3. The Morgan fingerprint density at radius 2 is 2.15 bits per heavy atom. The molecule has 0 saturated heterocycles. The Hall–Kier alpha value is -2.95. The van der Waals surface area contributed by atoms with Gasteiger partial charge in [-0.15, -0.1) is 0 Å². The van der Waals surface area contributed by atoms with Gasteiger partial charge in [-0.05, 0) is 41.5 Å². The van der Waals surface area contributed by atoms with Gasteiger partial charge in [-0.25, -0.2) is 0 Å². The Morgan fingerprint density at radius 1 is 1.23 bits per heavy atom. The highest BCUT2D eigenvalue weighted by molar-refractivity contribution is 5.82. The molecule has 0 saturated carbocycles. The van der Waals surface area contributed by atoms with Crippen LogP contribution >= 0.6 is 0 Å². The summed E-state index contributed by atoms with van der Waals surface area (Å²) >= 11 is 0. The van der Waals surface area contributed by atoms with Gasteiger partial charge in [0, 0.05) is 36.6 Å². The molecule has 26 heavy (non-hydrogen) atoms. The maximum absolute atomic E-state index is 12.2. The molecule has 0 aliphatic carbocycles. The maximum Gasteiger partial charge on any atom is 0.224 e. The minimum Gasteiger partial charge on any atom is -0.497 e. The molecule has 0 fully saturated rings. The van der Waals surface area contributed by atoms with E-state index >= 15 is 0 Å². The van der Waals surface area contributed by atoms with Gasteiger partial charge >= 0.3 is 0 Å². The van der Waals surface area contributed by atoms with E-state index in [-0.39, 0.29) is 5.91 Å². The van der Waals surface area contributed by atoms with Crippen LogP contribution in [0.25, 0.3) is 10.9 Å². The van der Waals surface area contributed by atoms with E-state index in [2.05, 4.69) is 22.0 Å². The summed E-state index contributed by atoms with van der Waals surface area (Å²) in [7, 11) is 1.67. The second kappa shape index (κ2) is 7.12. The van der Waals surface area contributed by atoms with Crippen molar-refractivity contribution in [1.82, 2.24) is 9.88 Å². The number of hydrogen-bond donors (Lipinski definition) is 1. The summed E-state index contributed by atoms with van der Waals surface area (Å²) < 4.78 is 13.0. The molecule has 5 nitrogen and oxygen atoms in total.